The molecule has 0 heterocycles. The zero-order valence-corrected chi connectivity index (χ0v) is 12.5. The molecule has 2 atom stereocenters. The van der Waals surface area contributed by atoms with E-state index in [-0.39, 0.29) is 0 Å². The van der Waals surface area contributed by atoms with Gasteiger partial charge in [0.05, 0.1) is 13.2 Å². The van der Waals surface area contributed by atoms with Crippen LogP contribution in [0.1, 0.15) is 24.0 Å². The molecule has 0 saturated carbocycles. The summed E-state index contributed by atoms with van der Waals surface area (Å²) in [5.41, 5.74) is 2.53. The SMILES string of the molecule is CNC(COCc1ccc(C)cc1)CC1C=CC=CC1. The van der Waals surface area contributed by atoms with E-state index < -0.39 is 0 Å². The predicted molar refractivity (Wildman–Crippen MR) is 84.7 cm³/mol. The summed E-state index contributed by atoms with van der Waals surface area (Å²) in [4.78, 5) is 0. The second kappa shape index (κ2) is 8.03. The molecule has 0 bridgehead atoms. The molecule has 0 radical (unpaired) electrons. The van der Waals surface area contributed by atoms with E-state index in [9.17, 15) is 0 Å². The molecule has 1 aromatic rings. The largest absolute Gasteiger partial charge is 0.375 e. The third-order valence-corrected chi connectivity index (χ3v) is 3.77. The Balaban J connectivity index is 1.72. The molecule has 20 heavy (non-hydrogen) atoms. The average Bonchev–Trinajstić information content (AvgIpc) is 2.49. The minimum absolute atomic E-state index is 0.418. The van der Waals surface area contributed by atoms with Crippen LogP contribution in [0.5, 0.6) is 0 Å². The summed E-state index contributed by atoms with van der Waals surface area (Å²) in [5, 5.41) is 3.36. The Morgan fingerprint density at radius 2 is 2.05 bits per heavy atom. The summed E-state index contributed by atoms with van der Waals surface area (Å²) in [5.74, 6) is 0.639. The van der Waals surface area contributed by atoms with Gasteiger partial charge >= 0.3 is 0 Å². The Hall–Kier alpha value is -1.38. The van der Waals surface area contributed by atoms with Crippen molar-refractivity contribution in [3.63, 3.8) is 0 Å². The number of ether oxygens (including phenoxy) is 1. The van der Waals surface area contributed by atoms with Gasteiger partial charge in [0, 0.05) is 6.04 Å². The first kappa shape index (κ1) is 15.0. The molecular weight excluding hydrogens is 246 g/mol. The number of hydrogen-bond acceptors (Lipinski definition) is 2. The molecular formula is C18H25NO. The number of aryl methyl sites for hydroxylation is 1. The van der Waals surface area contributed by atoms with E-state index in [1.807, 2.05) is 7.05 Å². The van der Waals surface area contributed by atoms with Crippen LogP contribution < -0.4 is 5.32 Å². The van der Waals surface area contributed by atoms with Gasteiger partial charge in [0.1, 0.15) is 0 Å². The quantitative estimate of drug-likeness (QED) is 0.818. The van der Waals surface area contributed by atoms with Gasteiger partial charge in [-0.15, -0.1) is 0 Å². The number of nitrogens with one attached hydrogen (secondary N) is 1. The van der Waals surface area contributed by atoms with E-state index in [1.165, 1.54) is 11.1 Å². The minimum atomic E-state index is 0.418. The van der Waals surface area contributed by atoms with Gasteiger partial charge in [0.25, 0.3) is 0 Å². The second-order valence-electron chi connectivity index (χ2n) is 5.53. The Morgan fingerprint density at radius 1 is 1.25 bits per heavy atom. The van der Waals surface area contributed by atoms with Gasteiger partial charge in [-0.05, 0) is 38.3 Å². The van der Waals surface area contributed by atoms with Gasteiger partial charge < -0.3 is 10.1 Å². The Morgan fingerprint density at radius 3 is 2.70 bits per heavy atom. The molecule has 0 fully saturated rings. The second-order valence-corrected chi connectivity index (χ2v) is 5.53. The van der Waals surface area contributed by atoms with Gasteiger partial charge in [-0.1, -0.05) is 54.1 Å². The van der Waals surface area contributed by atoms with E-state index in [0.717, 1.165) is 19.4 Å². The van der Waals surface area contributed by atoms with E-state index in [0.29, 0.717) is 18.6 Å². The van der Waals surface area contributed by atoms with Crippen LogP contribution >= 0.6 is 0 Å². The summed E-state index contributed by atoms with van der Waals surface area (Å²) >= 11 is 0. The molecule has 1 aromatic carbocycles. The first-order chi connectivity index (χ1) is 9.78. The highest BCUT2D eigenvalue weighted by molar-refractivity contribution is 5.20. The topological polar surface area (TPSA) is 21.3 Å². The number of allylic oxidation sites excluding steroid dienone is 4. The van der Waals surface area contributed by atoms with Gasteiger partial charge in [-0.2, -0.15) is 0 Å². The van der Waals surface area contributed by atoms with Gasteiger partial charge in [0.15, 0.2) is 0 Å². The molecule has 0 spiro atoms. The highest BCUT2D eigenvalue weighted by atomic mass is 16.5. The summed E-state index contributed by atoms with van der Waals surface area (Å²) in [6.07, 6.45) is 11.1. The van der Waals surface area contributed by atoms with E-state index >= 15 is 0 Å². The first-order valence-corrected chi connectivity index (χ1v) is 7.42. The molecule has 0 saturated heterocycles. The molecule has 108 valence electrons. The van der Waals surface area contributed by atoms with Crippen LogP contribution in [0.4, 0.5) is 0 Å². The van der Waals surface area contributed by atoms with Crippen molar-refractivity contribution in [2.45, 2.75) is 32.4 Å². The lowest BCUT2D eigenvalue weighted by Gasteiger charge is -2.21. The van der Waals surface area contributed by atoms with Gasteiger partial charge in [-0.25, -0.2) is 0 Å². The summed E-state index contributed by atoms with van der Waals surface area (Å²) in [6, 6.07) is 8.96. The van der Waals surface area contributed by atoms with E-state index in [1.54, 1.807) is 0 Å². The van der Waals surface area contributed by atoms with E-state index in [2.05, 4.69) is 60.8 Å². The lowest BCUT2D eigenvalue weighted by Crippen LogP contribution is -2.32. The van der Waals surface area contributed by atoms with Gasteiger partial charge in [-0.3, -0.25) is 0 Å². The smallest absolute Gasteiger partial charge is 0.0717 e. The maximum absolute atomic E-state index is 5.85. The molecule has 2 heteroatoms. The third kappa shape index (κ3) is 4.95. The standard InChI is InChI=1S/C18H25NO/c1-15-8-10-17(11-9-15)13-20-14-18(19-2)12-16-6-4-3-5-7-16/h3-6,8-11,16,18-19H,7,12-14H2,1-2H3. The van der Waals surface area contributed by atoms with Crippen LogP contribution in [0.15, 0.2) is 48.6 Å². The van der Waals surface area contributed by atoms with Crippen molar-refractivity contribution in [3.05, 3.63) is 59.7 Å². The molecule has 1 aliphatic carbocycles. The highest BCUT2D eigenvalue weighted by Gasteiger charge is 2.13. The molecule has 2 nitrogen and oxygen atoms in total. The van der Waals surface area contributed by atoms with Crippen molar-refractivity contribution in [1.29, 1.82) is 0 Å². The van der Waals surface area contributed by atoms with Crippen LogP contribution in [0.2, 0.25) is 0 Å². The molecule has 1 aliphatic rings. The molecule has 1 N–H and O–H groups in total. The number of benzene rings is 1. The van der Waals surface area contributed by atoms with Crippen LogP contribution in [0, 0.1) is 12.8 Å². The Bertz CT molecular complexity index is 447. The number of hydrogen-bond donors (Lipinski definition) is 1. The lowest BCUT2D eigenvalue weighted by atomic mass is 9.93. The van der Waals surface area contributed by atoms with Crippen LogP contribution in [-0.2, 0) is 11.3 Å². The Kier molecular flexibility index (Phi) is 6.03. The molecule has 2 unspecified atom stereocenters. The lowest BCUT2D eigenvalue weighted by molar-refractivity contribution is 0.0953. The maximum atomic E-state index is 5.85. The number of rotatable bonds is 7. The predicted octanol–water partition coefficient (Wildman–Crippen LogP) is 3.62. The fourth-order valence-corrected chi connectivity index (χ4v) is 2.44. The molecule has 0 aromatic heterocycles. The average molecular weight is 271 g/mol. The highest BCUT2D eigenvalue weighted by Crippen LogP contribution is 2.17. The van der Waals surface area contributed by atoms with Crippen LogP contribution in [-0.4, -0.2) is 19.7 Å². The molecule has 2 rings (SSSR count). The molecule has 0 amide bonds. The van der Waals surface area contributed by atoms with Crippen molar-refractivity contribution in [3.8, 4) is 0 Å². The minimum Gasteiger partial charge on any atom is -0.375 e. The van der Waals surface area contributed by atoms with Crippen LogP contribution in [0.25, 0.3) is 0 Å². The monoisotopic (exact) mass is 271 g/mol. The van der Waals surface area contributed by atoms with Gasteiger partial charge in [0.2, 0.25) is 0 Å². The van der Waals surface area contributed by atoms with Crippen molar-refractivity contribution in [1.82, 2.24) is 5.32 Å². The summed E-state index contributed by atoms with van der Waals surface area (Å²) in [6.45, 7) is 3.56. The zero-order chi connectivity index (χ0) is 14.2. The normalized spacial score (nSPS) is 19.2. The summed E-state index contributed by atoms with van der Waals surface area (Å²) in [7, 11) is 2.02. The zero-order valence-electron chi connectivity index (χ0n) is 12.5. The van der Waals surface area contributed by atoms with Crippen molar-refractivity contribution < 1.29 is 4.74 Å². The van der Waals surface area contributed by atoms with Crippen molar-refractivity contribution >= 4 is 0 Å². The van der Waals surface area contributed by atoms with Crippen molar-refractivity contribution in [2.24, 2.45) is 5.92 Å². The van der Waals surface area contributed by atoms with Crippen molar-refractivity contribution in [2.75, 3.05) is 13.7 Å². The Labute approximate surface area is 122 Å². The molecule has 0 aliphatic heterocycles. The number of likely N-dealkylation sites (N-methyl/N-ethyl adjacent to an activating group) is 1. The van der Waals surface area contributed by atoms with Crippen LogP contribution in [0.3, 0.4) is 0 Å². The fourth-order valence-electron chi connectivity index (χ4n) is 2.44. The van der Waals surface area contributed by atoms with E-state index in [4.69, 9.17) is 4.74 Å². The third-order valence-electron chi connectivity index (χ3n) is 3.77. The fraction of sp³-hybridized carbons (Fsp3) is 0.444. The summed E-state index contributed by atoms with van der Waals surface area (Å²) < 4.78 is 5.85. The maximum Gasteiger partial charge on any atom is 0.0717 e. The first-order valence-electron chi connectivity index (χ1n) is 7.42.